The zero-order valence-electron chi connectivity index (χ0n) is 13.8. The summed E-state index contributed by atoms with van der Waals surface area (Å²) in [5.74, 6) is -0.197. The monoisotopic (exact) mass is 327 g/mol. The number of carbonyl (C=O) groups is 2. The number of ether oxygens (including phenoxy) is 1. The number of benzene rings is 2. The number of rotatable bonds is 7. The minimum atomic E-state index is -1.04. The van der Waals surface area contributed by atoms with Crippen molar-refractivity contribution in [3.05, 3.63) is 65.2 Å². The number of amides is 1. The Labute approximate surface area is 141 Å². The molecule has 0 aliphatic rings. The van der Waals surface area contributed by atoms with Crippen molar-refractivity contribution in [3.8, 4) is 5.75 Å². The van der Waals surface area contributed by atoms with E-state index < -0.39 is 5.97 Å². The second kappa shape index (κ2) is 8.15. The number of hydrogen-bond donors (Lipinski definition) is 2. The number of carboxylic acid groups (broad SMARTS) is 1. The van der Waals surface area contributed by atoms with Crippen molar-refractivity contribution in [1.29, 1.82) is 0 Å². The van der Waals surface area contributed by atoms with Crippen LogP contribution in [0.25, 0.3) is 0 Å². The first-order chi connectivity index (χ1) is 11.5. The van der Waals surface area contributed by atoms with Gasteiger partial charge in [0.25, 0.3) is 5.91 Å². The van der Waals surface area contributed by atoms with Gasteiger partial charge >= 0.3 is 5.97 Å². The maximum atomic E-state index is 12.1. The molecule has 0 heterocycles. The number of aromatic carboxylic acids is 1. The van der Waals surface area contributed by atoms with Crippen LogP contribution in [0, 0.1) is 0 Å². The van der Waals surface area contributed by atoms with Crippen LogP contribution >= 0.6 is 0 Å². The van der Waals surface area contributed by atoms with Crippen LogP contribution in [0.1, 0.15) is 45.5 Å². The highest BCUT2D eigenvalue weighted by molar-refractivity contribution is 5.97. The number of nitrogens with one attached hydrogen (secondary N) is 1. The molecule has 0 saturated carbocycles. The summed E-state index contributed by atoms with van der Waals surface area (Å²) in [6, 6.07) is 13.9. The zero-order valence-corrected chi connectivity index (χ0v) is 13.8. The predicted octanol–water partition coefficient (Wildman–Crippen LogP) is 3.32. The molecule has 0 aliphatic carbocycles. The van der Waals surface area contributed by atoms with E-state index >= 15 is 0 Å². The molecule has 5 nitrogen and oxygen atoms in total. The third kappa shape index (κ3) is 4.59. The molecular formula is C19H21NO4. The molecular weight excluding hydrogens is 306 g/mol. The standard InChI is InChI=1S/C19H21NO4/c1-13(14-6-8-17(24-2)9-7-14)10-11-20-18(21)15-4-3-5-16(12-15)19(22)23/h3-9,12-13H,10-11H2,1-2H3,(H,20,21)(H,22,23). The molecule has 2 rings (SSSR count). The second-order valence-electron chi connectivity index (χ2n) is 5.60. The molecule has 126 valence electrons. The van der Waals surface area contributed by atoms with Crippen LogP contribution < -0.4 is 10.1 Å². The summed E-state index contributed by atoms with van der Waals surface area (Å²) in [5, 5.41) is 11.8. The summed E-state index contributed by atoms with van der Waals surface area (Å²) >= 11 is 0. The van der Waals surface area contributed by atoms with Gasteiger partial charge in [0.05, 0.1) is 12.7 Å². The van der Waals surface area contributed by atoms with Crippen LogP contribution in [-0.2, 0) is 0 Å². The van der Waals surface area contributed by atoms with Crippen molar-refractivity contribution in [2.75, 3.05) is 13.7 Å². The van der Waals surface area contributed by atoms with Crippen LogP contribution in [-0.4, -0.2) is 30.6 Å². The Morgan fingerprint density at radius 3 is 2.42 bits per heavy atom. The molecule has 0 spiro atoms. The Morgan fingerprint density at radius 2 is 1.79 bits per heavy atom. The van der Waals surface area contributed by atoms with Crippen molar-refractivity contribution in [2.45, 2.75) is 19.3 Å². The van der Waals surface area contributed by atoms with Gasteiger partial charge in [-0.2, -0.15) is 0 Å². The fraction of sp³-hybridized carbons (Fsp3) is 0.263. The Balaban J connectivity index is 1.87. The number of hydrogen-bond acceptors (Lipinski definition) is 3. The van der Waals surface area contributed by atoms with E-state index in [-0.39, 0.29) is 11.5 Å². The third-order valence-corrected chi connectivity index (χ3v) is 3.92. The van der Waals surface area contributed by atoms with Gasteiger partial charge < -0.3 is 15.2 Å². The predicted molar refractivity (Wildman–Crippen MR) is 91.8 cm³/mol. The highest BCUT2D eigenvalue weighted by Gasteiger charge is 2.10. The second-order valence-corrected chi connectivity index (χ2v) is 5.60. The molecule has 1 amide bonds. The normalized spacial score (nSPS) is 11.6. The Bertz CT molecular complexity index is 710. The van der Waals surface area contributed by atoms with Gasteiger partial charge in [-0.15, -0.1) is 0 Å². The van der Waals surface area contributed by atoms with Crippen molar-refractivity contribution in [3.63, 3.8) is 0 Å². The van der Waals surface area contributed by atoms with E-state index in [1.54, 1.807) is 19.2 Å². The highest BCUT2D eigenvalue weighted by atomic mass is 16.5. The molecule has 1 atom stereocenters. The van der Waals surface area contributed by atoms with Gasteiger partial charge in [-0.25, -0.2) is 4.79 Å². The average molecular weight is 327 g/mol. The average Bonchev–Trinajstić information content (AvgIpc) is 2.61. The van der Waals surface area contributed by atoms with E-state index in [1.165, 1.54) is 17.7 Å². The molecule has 2 aromatic rings. The van der Waals surface area contributed by atoms with Crippen LogP contribution in [0.5, 0.6) is 5.75 Å². The highest BCUT2D eigenvalue weighted by Crippen LogP contribution is 2.21. The number of methoxy groups -OCH3 is 1. The number of carbonyl (C=O) groups excluding carboxylic acids is 1. The van der Waals surface area contributed by atoms with Crippen LogP contribution in [0.3, 0.4) is 0 Å². The summed E-state index contributed by atoms with van der Waals surface area (Å²) in [6.45, 7) is 2.61. The van der Waals surface area contributed by atoms with Crippen molar-refractivity contribution in [2.24, 2.45) is 0 Å². The maximum absolute atomic E-state index is 12.1. The van der Waals surface area contributed by atoms with Crippen molar-refractivity contribution < 1.29 is 19.4 Å². The molecule has 0 aliphatic heterocycles. The summed E-state index contributed by atoms with van der Waals surface area (Å²) < 4.78 is 5.14. The first-order valence-corrected chi connectivity index (χ1v) is 7.76. The van der Waals surface area contributed by atoms with E-state index in [1.807, 2.05) is 24.3 Å². The number of carboxylic acids is 1. The van der Waals surface area contributed by atoms with E-state index in [0.29, 0.717) is 18.0 Å². The molecule has 0 fully saturated rings. The van der Waals surface area contributed by atoms with E-state index in [2.05, 4.69) is 12.2 Å². The molecule has 1 unspecified atom stereocenters. The lowest BCUT2D eigenvalue weighted by Crippen LogP contribution is -2.25. The first-order valence-electron chi connectivity index (χ1n) is 7.76. The third-order valence-electron chi connectivity index (χ3n) is 3.92. The Kier molecular flexibility index (Phi) is 5.95. The van der Waals surface area contributed by atoms with Crippen molar-refractivity contribution in [1.82, 2.24) is 5.32 Å². The maximum Gasteiger partial charge on any atom is 0.335 e. The quantitative estimate of drug-likeness (QED) is 0.818. The van der Waals surface area contributed by atoms with Crippen LogP contribution in [0.4, 0.5) is 0 Å². The smallest absolute Gasteiger partial charge is 0.335 e. The van der Waals surface area contributed by atoms with Gasteiger partial charge in [0.15, 0.2) is 0 Å². The van der Waals surface area contributed by atoms with E-state index in [9.17, 15) is 9.59 Å². The molecule has 0 aromatic heterocycles. The SMILES string of the molecule is COc1ccc(C(C)CCNC(=O)c2cccc(C(=O)O)c2)cc1. The van der Waals surface area contributed by atoms with Gasteiger partial charge in [-0.3, -0.25) is 4.79 Å². The Hall–Kier alpha value is -2.82. The molecule has 0 saturated heterocycles. The van der Waals surface area contributed by atoms with Gasteiger partial charge in [0.2, 0.25) is 0 Å². The summed E-state index contributed by atoms with van der Waals surface area (Å²) in [5.41, 5.74) is 1.64. The summed E-state index contributed by atoms with van der Waals surface area (Å²) in [6.07, 6.45) is 0.788. The van der Waals surface area contributed by atoms with Crippen molar-refractivity contribution >= 4 is 11.9 Å². The van der Waals surface area contributed by atoms with Gasteiger partial charge in [0, 0.05) is 12.1 Å². The topological polar surface area (TPSA) is 75.6 Å². The van der Waals surface area contributed by atoms with Crippen LogP contribution in [0.2, 0.25) is 0 Å². The zero-order chi connectivity index (χ0) is 17.5. The Morgan fingerprint density at radius 1 is 1.12 bits per heavy atom. The summed E-state index contributed by atoms with van der Waals surface area (Å²) in [4.78, 5) is 23.0. The molecule has 24 heavy (non-hydrogen) atoms. The largest absolute Gasteiger partial charge is 0.497 e. The minimum absolute atomic E-state index is 0.106. The molecule has 0 bridgehead atoms. The molecule has 2 aromatic carbocycles. The first kappa shape index (κ1) is 17.5. The van der Waals surface area contributed by atoms with Gasteiger partial charge in [0.1, 0.15) is 5.75 Å². The van der Waals surface area contributed by atoms with E-state index in [4.69, 9.17) is 9.84 Å². The molecule has 2 N–H and O–H groups in total. The molecule has 0 radical (unpaired) electrons. The van der Waals surface area contributed by atoms with Gasteiger partial charge in [-0.05, 0) is 48.2 Å². The van der Waals surface area contributed by atoms with Gasteiger partial charge in [-0.1, -0.05) is 25.1 Å². The summed E-state index contributed by atoms with van der Waals surface area (Å²) in [7, 11) is 1.63. The lowest BCUT2D eigenvalue weighted by Gasteiger charge is -2.13. The fourth-order valence-corrected chi connectivity index (χ4v) is 2.40. The molecule has 5 heteroatoms. The minimum Gasteiger partial charge on any atom is -0.497 e. The van der Waals surface area contributed by atoms with Crippen LogP contribution in [0.15, 0.2) is 48.5 Å². The lowest BCUT2D eigenvalue weighted by atomic mass is 9.98. The van der Waals surface area contributed by atoms with E-state index in [0.717, 1.165) is 12.2 Å². The lowest BCUT2D eigenvalue weighted by molar-refractivity contribution is 0.0697. The fourth-order valence-electron chi connectivity index (χ4n) is 2.40.